The molecule has 0 aromatic heterocycles. The molecule has 4 nitrogen and oxygen atoms in total. The predicted octanol–water partition coefficient (Wildman–Crippen LogP) is 2.21. The molecule has 1 aromatic carbocycles. The number of hydrogen-bond donors (Lipinski definition) is 2. The normalized spacial score (nSPS) is 15.9. The molecular formula is C14H19FN2O2. The van der Waals surface area contributed by atoms with Crippen LogP contribution in [0.25, 0.3) is 0 Å². The highest BCUT2D eigenvalue weighted by molar-refractivity contribution is 5.70. The molecule has 1 fully saturated rings. The molecule has 0 aliphatic heterocycles. The molecule has 0 spiro atoms. The molecule has 0 bridgehead atoms. The van der Waals surface area contributed by atoms with E-state index in [1.54, 1.807) is 12.1 Å². The number of carbonyl (C=O) groups excluding carboxylic acids is 1. The lowest BCUT2D eigenvalue weighted by Gasteiger charge is -2.11. The maximum absolute atomic E-state index is 13.5. The van der Waals surface area contributed by atoms with E-state index in [1.165, 1.54) is 26.0 Å². The quantitative estimate of drug-likeness (QED) is 0.858. The molecular weight excluding hydrogens is 247 g/mol. The Labute approximate surface area is 112 Å². The molecule has 3 N–H and O–H groups in total. The lowest BCUT2D eigenvalue weighted by Crippen LogP contribution is -2.23. The Hall–Kier alpha value is -1.62. The average Bonchev–Trinajstić information content (AvgIpc) is 3.23. The van der Waals surface area contributed by atoms with Gasteiger partial charge in [0.2, 0.25) is 0 Å². The summed E-state index contributed by atoms with van der Waals surface area (Å²) in [5.74, 6) is 0.0673. The highest BCUT2D eigenvalue weighted by Gasteiger charge is 2.27. The van der Waals surface area contributed by atoms with Crippen molar-refractivity contribution in [1.29, 1.82) is 0 Å². The number of amides is 1. The molecule has 2 rings (SSSR count). The van der Waals surface area contributed by atoms with E-state index in [9.17, 15) is 9.18 Å². The summed E-state index contributed by atoms with van der Waals surface area (Å²) in [4.78, 5) is 11.1. The Kier molecular flexibility index (Phi) is 4.37. The van der Waals surface area contributed by atoms with Gasteiger partial charge in [-0.05, 0) is 49.3 Å². The summed E-state index contributed by atoms with van der Waals surface area (Å²) in [5.41, 5.74) is 6.95. The van der Waals surface area contributed by atoms with E-state index in [1.807, 2.05) is 0 Å². The van der Waals surface area contributed by atoms with E-state index in [0.29, 0.717) is 5.92 Å². The third kappa shape index (κ3) is 3.92. The number of carbonyl (C=O) groups is 1. The molecule has 19 heavy (non-hydrogen) atoms. The first kappa shape index (κ1) is 13.8. The van der Waals surface area contributed by atoms with Crippen LogP contribution in [0.5, 0.6) is 5.75 Å². The number of halogens is 1. The number of rotatable bonds is 5. The van der Waals surface area contributed by atoms with Gasteiger partial charge in [-0.1, -0.05) is 6.07 Å². The van der Waals surface area contributed by atoms with Gasteiger partial charge in [0.05, 0.1) is 0 Å². The Balaban J connectivity index is 1.96. The molecule has 1 aliphatic rings. The van der Waals surface area contributed by atoms with E-state index < -0.39 is 11.9 Å². The van der Waals surface area contributed by atoms with Crippen molar-refractivity contribution in [3.05, 3.63) is 29.6 Å². The molecule has 1 amide bonds. The summed E-state index contributed by atoms with van der Waals surface area (Å²) < 4.78 is 18.3. The van der Waals surface area contributed by atoms with Crippen LogP contribution in [0.2, 0.25) is 0 Å². The third-order valence-corrected chi connectivity index (χ3v) is 3.40. The molecule has 0 saturated heterocycles. The van der Waals surface area contributed by atoms with Crippen molar-refractivity contribution in [3.63, 3.8) is 0 Å². The van der Waals surface area contributed by atoms with Crippen molar-refractivity contribution in [2.45, 2.75) is 31.7 Å². The first-order valence-corrected chi connectivity index (χ1v) is 6.53. The number of ether oxygens (including phenoxy) is 1. The van der Waals surface area contributed by atoms with Crippen molar-refractivity contribution in [1.82, 2.24) is 5.32 Å². The highest BCUT2D eigenvalue weighted by atomic mass is 19.1. The second-order valence-corrected chi connectivity index (χ2v) is 4.94. The summed E-state index contributed by atoms with van der Waals surface area (Å²) in [5, 5.41) is 2.29. The summed E-state index contributed by atoms with van der Waals surface area (Å²) >= 11 is 0. The summed E-state index contributed by atoms with van der Waals surface area (Å²) in [6.07, 6.45) is 3.40. The van der Waals surface area contributed by atoms with Crippen LogP contribution >= 0.6 is 0 Å². The van der Waals surface area contributed by atoms with Crippen LogP contribution < -0.4 is 15.8 Å². The second-order valence-electron chi connectivity index (χ2n) is 4.94. The minimum Gasteiger partial charge on any atom is -0.407 e. The number of benzene rings is 1. The minimum atomic E-state index is -0.675. The van der Waals surface area contributed by atoms with Gasteiger partial charge in [-0.25, -0.2) is 9.18 Å². The fraction of sp³-hybridized carbons (Fsp3) is 0.500. The Bertz CT molecular complexity index is 461. The van der Waals surface area contributed by atoms with E-state index in [-0.39, 0.29) is 11.8 Å². The number of hydrogen-bond acceptors (Lipinski definition) is 3. The standard InChI is InChI=1S/C14H19FN2O2/c1-17-14(18)19-13-8-9(2-6-11(13)15)3-7-12(16)10-4-5-10/h2,6,8,10,12H,3-5,7,16H2,1H3,(H,17,18)/t12-/m0/s1. The van der Waals surface area contributed by atoms with Gasteiger partial charge in [0.15, 0.2) is 11.6 Å². The van der Waals surface area contributed by atoms with Crippen LogP contribution in [0.4, 0.5) is 9.18 Å². The zero-order valence-corrected chi connectivity index (χ0v) is 11.0. The minimum absolute atomic E-state index is 0.0446. The van der Waals surface area contributed by atoms with Gasteiger partial charge in [-0.3, -0.25) is 0 Å². The van der Waals surface area contributed by atoms with Gasteiger partial charge in [0, 0.05) is 13.1 Å². The molecule has 0 heterocycles. The third-order valence-electron chi connectivity index (χ3n) is 3.40. The summed E-state index contributed by atoms with van der Waals surface area (Å²) in [7, 11) is 1.43. The fourth-order valence-corrected chi connectivity index (χ4v) is 2.03. The predicted molar refractivity (Wildman–Crippen MR) is 70.5 cm³/mol. The Morgan fingerprint density at radius 2 is 2.32 bits per heavy atom. The molecule has 1 aliphatic carbocycles. The van der Waals surface area contributed by atoms with E-state index >= 15 is 0 Å². The summed E-state index contributed by atoms with van der Waals surface area (Å²) in [6.45, 7) is 0. The molecule has 104 valence electrons. The monoisotopic (exact) mass is 266 g/mol. The largest absolute Gasteiger partial charge is 0.412 e. The smallest absolute Gasteiger partial charge is 0.407 e. The van der Waals surface area contributed by atoms with E-state index in [2.05, 4.69) is 5.32 Å². The van der Waals surface area contributed by atoms with Crippen LogP contribution in [-0.4, -0.2) is 19.2 Å². The molecule has 1 atom stereocenters. The fourth-order valence-electron chi connectivity index (χ4n) is 2.03. The van der Waals surface area contributed by atoms with Crippen LogP contribution in [0.1, 0.15) is 24.8 Å². The number of aryl methyl sites for hydroxylation is 1. The van der Waals surface area contributed by atoms with Crippen molar-refractivity contribution in [2.75, 3.05) is 7.05 Å². The first-order valence-electron chi connectivity index (χ1n) is 6.53. The molecule has 1 saturated carbocycles. The van der Waals surface area contributed by atoms with Gasteiger partial charge < -0.3 is 15.8 Å². The molecule has 5 heteroatoms. The van der Waals surface area contributed by atoms with Gasteiger partial charge in [0.25, 0.3) is 0 Å². The maximum atomic E-state index is 13.5. The van der Waals surface area contributed by atoms with Crippen molar-refractivity contribution >= 4 is 6.09 Å². The Morgan fingerprint density at radius 3 is 2.95 bits per heavy atom. The zero-order chi connectivity index (χ0) is 13.8. The van der Waals surface area contributed by atoms with Gasteiger partial charge in [0.1, 0.15) is 0 Å². The summed E-state index contributed by atoms with van der Waals surface area (Å²) in [6, 6.07) is 4.79. The molecule has 0 radical (unpaired) electrons. The van der Waals surface area contributed by atoms with Crippen molar-refractivity contribution < 1.29 is 13.9 Å². The van der Waals surface area contributed by atoms with E-state index in [0.717, 1.165) is 18.4 Å². The SMILES string of the molecule is CNC(=O)Oc1cc(CC[C@H](N)C2CC2)ccc1F. The van der Waals surface area contributed by atoms with Crippen LogP contribution in [-0.2, 0) is 6.42 Å². The van der Waals surface area contributed by atoms with Crippen molar-refractivity contribution in [3.8, 4) is 5.75 Å². The van der Waals surface area contributed by atoms with Gasteiger partial charge >= 0.3 is 6.09 Å². The molecule has 1 aromatic rings. The van der Waals surface area contributed by atoms with Crippen molar-refractivity contribution in [2.24, 2.45) is 11.7 Å². The Morgan fingerprint density at radius 1 is 1.58 bits per heavy atom. The average molecular weight is 266 g/mol. The van der Waals surface area contributed by atoms with Crippen LogP contribution in [0.3, 0.4) is 0 Å². The number of nitrogens with one attached hydrogen (secondary N) is 1. The second kappa shape index (κ2) is 6.02. The maximum Gasteiger partial charge on any atom is 0.412 e. The van der Waals surface area contributed by atoms with Crippen LogP contribution in [0.15, 0.2) is 18.2 Å². The van der Waals surface area contributed by atoms with Gasteiger partial charge in [-0.2, -0.15) is 0 Å². The zero-order valence-electron chi connectivity index (χ0n) is 11.0. The first-order chi connectivity index (χ1) is 9.10. The lowest BCUT2D eigenvalue weighted by molar-refractivity contribution is 0.200. The van der Waals surface area contributed by atoms with E-state index in [4.69, 9.17) is 10.5 Å². The number of nitrogens with two attached hydrogens (primary N) is 1. The highest BCUT2D eigenvalue weighted by Crippen LogP contribution is 2.33. The topological polar surface area (TPSA) is 64.3 Å². The molecule has 0 unspecified atom stereocenters. The van der Waals surface area contributed by atoms with Gasteiger partial charge in [-0.15, -0.1) is 0 Å². The lowest BCUT2D eigenvalue weighted by atomic mass is 10.0. The van der Waals surface area contributed by atoms with Crippen LogP contribution in [0, 0.1) is 11.7 Å².